The van der Waals surface area contributed by atoms with Crippen LogP contribution in [0.25, 0.3) is 0 Å². The maximum atomic E-state index is 12.4. The first-order valence-electron chi connectivity index (χ1n) is 8.06. The molecular formula is C19H20N2O6. The number of carboxylic acid groups (broad SMARTS) is 1. The van der Waals surface area contributed by atoms with Crippen molar-refractivity contribution < 1.29 is 29.0 Å². The van der Waals surface area contributed by atoms with Crippen LogP contribution < -0.4 is 5.73 Å². The van der Waals surface area contributed by atoms with Gasteiger partial charge in [0.05, 0.1) is 0 Å². The molecule has 142 valence electrons. The number of amides is 2. The van der Waals surface area contributed by atoms with Crippen LogP contribution in [0, 0.1) is 0 Å². The van der Waals surface area contributed by atoms with Gasteiger partial charge in [-0.1, -0.05) is 60.7 Å². The summed E-state index contributed by atoms with van der Waals surface area (Å²) in [5.74, 6) is -1.59. The van der Waals surface area contributed by atoms with E-state index in [1.165, 1.54) is 0 Å². The zero-order valence-electron chi connectivity index (χ0n) is 14.7. The largest absolute Gasteiger partial charge is 0.478 e. The van der Waals surface area contributed by atoms with Crippen LogP contribution in [0.2, 0.25) is 0 Å². The Morgan fingerprint density at radius 1 is 0.889 bits per heavy atom. The number of nitrogens with two attached hydrogens (primary N) is 1. The van der Waals surface area contributed by atoms with E-state index in [2.05, 4.69) is 0 Å². The number of benzene rings is 2. The SMILES string of the molecule is CC(N)(C(=O)O)N(C(=O)OCc1ccccc1)C(=O)OCc1ccccc1. The van der Waals surface area contributed by atoms with Crippen molar-refractivity contribution >= 4 is 18.2 Å². The highest BCUT2D eigenvalue weighted by molar-refractivity contribution is 5.95. The van der Waals surface area contributed by atoms with Crippen LogP contribution in [-0.2, 0) is 27.5 Å². The molecule has 0 radical (unpaired) electrons. The van der Waals surface area contributed by atoms with E-state index in [0.717, 1.165) is 6.92 Å². The van der Waals surface area contributed by atoms with Crippen molar-refractivity contribution in [3.05, 3.63) is 71.8 Å². The molecule has 0 heterocycles. The molecule has 2 aromatic rings. The van der Waals surface area contributed by atoms with Crippen molar-refractivity contribution in [1.82, 2.24) is 4.90 Å². The van der Waals surface area contributed by atoms with E-state index in [1.807, 2.05) is 0 Å². The number of carbonyl (C=O) groups is 3. The standard InChI is InChI=1S/C19H20N2O6/c1-19(20,16(22)23)21(17(24)26-12-14-8-4-2-5-9-14)18(25)27-13-15-10-6-3-7-11-15/h2-11H,12-13,20H2,1H3,(H,22,23). The van der Waals surface area contributed by atoms with Crippen molar-refractivity contribution in [2.75, 3.05) is 0 Å². The van der Waals surface area contributed by atoms with Gasteiger partial charge < -0.3 is 14.6 Å². The molecule has 0 saturated heterocycles. The van der Waals surface area contributed by atoms with Crippen LogP contribution in [0.1, 0.15) is 18.1 Å². The average molecular weight is 372 g/mol. The summed E-state index contributed by atoms with van der Waals surface area (Å²) in [5.41, 5.74) is 4.65. The van der Waals surface area contributed by atoms with Crippen molar-refractivity contribution in [2.24, 2.45) is 5.73 Å². The molecule has 27 heavy (non-hydrogen) atoms. The number of imide groups is 1. The summed E-state index contributed by atoms with van der Waals surface area (Å²) >= 11 is 0. The Balaban J connectivity index is 2.11. The van der Waals surface area contributed by atoms with Crippen molar-refractivity contribution in [1.29, 1.82) is 0 Å². The number of aliphatic carboxylic acids is 1. The Morgan fingerprint density at radius 3 is 1.59 bits per heavy atom. The molecule has 8 heteroatoms. The number of hydrogen-bond acceptors (Lipinski definition) is 6. The number of carboxylic acids is 1. The third kappa shape index (κ3) is 5.29. The van der Waals surface area contributed by atoms with Gasteiger partial charge in [0.2, 0.25) is 5.66 Å². The highest BCUT2D eigenvalue weighted by Gasteiger charge is 2.45. The molecule has 1 unspecified atom stereocenters. The molecule has 0 fully saturated rings. The van der Waals surface area contributed by atoms with Crippen LogP contribution in [0.5, 0.6) is 0 Å². The van der Waals surface area contributed by atoms with Gasteiger partial charge in [-0.2, -0.15) is 4.90 Å². The van der Waals surface area contributed by atoms with Crippen molar-refractivity contribution in [3.8, 4) is 0 Å². The minimum absolute atomic E-state index is 0.155. The normalized spacial score (nSPS) is 12.5. The van der Waals surface area contributed by atoms with Gasteiger partial charge in [-0.05, 0) is 18.1 Å². The fourth-order valence-electron chi connectivity index (χ4n) is 2.12. The number of nitrogens with zero attached hydrogens (tertiary/aromatic N) is 1. The number of rotatable bonds is 6. The highest BCUT2D eigenvalue weighted by atomic mass is 16.6. The molecule has 0 saturated carbocycles. The Kier molecular flexibility index (Phi) is 6.51. The molecule has 2 amide bonds. The predicted octanol–water partition coefficient (Wildman–Crippen LogP) is 2.72. The maximum absolute atomic E-state index is 12.4. The highest BCUT2D eigenvalue weighted by Crippen LogP contribution is 2.15. The molecule has 8 nitrogen and oxygen atoms in total. The summed E-state index contributed by atoms with van der Waals surface area (Å²) in [6, 6.07) is 17.4. The number of carbonyl (C=O) groups excluding carboxylic acids is 2. The number of ether oxygens (including phenoxy) is 2. The van der Waals surface area contributed by atoms with Crippen LogP contribution in [-0.4, -0.2) is 33.8 Å². The van der Waals surface area contributed by atoms with E-state index in [9.17, 15) is 19.5 Å². The molecule has 0 aliphatic heterocycles. The lowest BCUT2D eigenvalue weighted by molar-refractivity contribution is -0.148. The summed E-state index contributed by atoms with van der Waals surface area (Å²) in [7, 11) is 0. The van der Waals surface area contributed by atoms with Gasteiger partial charge in [0.25, 0.3) is 0 Å². The Bertz CT molecular complexity index is 737. The van der Waals surface area contributed by atoms with Gasteiger partial charge in [0.15, 0.2) is 0 Å². The molecule has 1 atom stereocenters. The van der Waals surface area contributed by atoms with Gasteiger partial charge >= 0.3 is 18.2 Å². The summed E-state index contributed by atoms with van der Waals surface area (Å²) in [4.78, 5) is 36.4. The summed E-state index contributed by atoms with van der Waals surface area (Å²) in [6.45, 7) is 0.693. The Morgan fingerprint density at radius 2 is 1.26 bits per heavy atom. The van der Waals surface area contributed by atoms with Gasteiger partial charge in [-0.25, -0.2) is 14.4 Å². The molecule has 0 aliphatic carbocycles. The summed E-state index contributed by atoms with van der Waals surface area (Å²) < 4.78 is 10.1. The lowest BCUT2D eigenvalue weighted by Gasteiger charge is -2.31. The topological polar surface area (TPSA) is 119 Å². The molecule has 0 spiro atoms. The Labute approximate surface area is 156 Å². The third-order valence-corrected chi connectivity index (χ3v) is 3.67. The van der Waals surface area contributed by atoms with Gasteiger partial charge in [-0.15, -0.1) is 0 Å². The fourth-order valence-corrected chi connectivity index (χ4v) is 2.12. The summed E-state index contributed by atoms with van der Waals surface area (Å²) in [6.07, 6.45) is -2.44. The molecule has 2 aromatic carbocycles. The van der Waals surface area contributed by atoms with Gasteiger partial charge in [-0.3, -0.25) is 5.73 Å². The first-order valence-corrected chi connectivity index (χ1v) is 8.06. The zero-order chi connectivity index (χ0) is 19.9. The number of hydrogen-bond donors (Lipinski definition) is 2. The van der Waals surface area contributed by atoms with E-state index >= 15 is 0 Å². The zero-order valence-corrected chi connectivity index (χ0v) is 14.7. The van der Waals surface area contributed by atoms with Crippen LogP contribution in [0.4, 0.5) is 9.59 Å². The molecule has 0 aromatic heterocycles. The van der Waals surface area contributed by atoms with E-state index in [0.29, 0.717) is 11.1 Å². The second kappa shape index (κ2) is 8.81. The van der Waals surface area contributed by atoms with Crippen molar-refractivity contribution in [2.45, 2.75) is 25.8 Å². The fraction of sp³-hybridized carbons (Fsp3) is 0.211. The quantitative estimate of drug-likeness (QED) is 0.748. The van der Waals surface area contributed by atoms with Gasteiger partial charge in [0.1, 0.15) is 13.2 Å². The lowest BCUT2D eigenvalue weighted by Crippen LogP contribution is -2.63. The minimum atomic E-state index is -2.35. The molecule has 3 N–H and O–H groups in total. The predicted molar refractivity (Wildman–Crippen MR) is 95.3 cm³/mol. The molecular weight excluding hydrogens is 352 g/mol. The lowest BCUT2D eigenvalue weighted by atomic mass is 10.2. The summed E-state index contributed by atoms with van der Waals surface area (Å²) in [5, 5.41) is 9.30. The average Bonchev–Trinajstić information content (AvgIpc) is 2.66. The second-order valence-corrected chi connectivity index (χ2v) is 5.87. The first-order chi connectivity index (χ1) is 12.8. The third-order valence-electron chi connectivity index (χ3n) is 3.67. The van der Waals surface area contributed by atoms with E-state index in [4.69, 9.17) is 15.2 Å². The monoisotopic (exact) mass is 372 g/mol. The minimum Gasteiger partial charge on any atom is -0.478 e. The van der Waals surface area contributed by atoms with E-state index in [1.54, 1.807) is 60.7 Å². The van der Waals surface area contributed by atoms with Crippen LogP contribution in [0.15, 0.2) is 60.7 Å². The van der Waals surface area contributed by atoms with Crippen LogP contribution >= 0.6 is 0 Å². The smallest absolute Gasteiger partial charge is 0.421 e. The van der Waals surface area contributed by atoms with E-state index in [-0.39, 0.29) is 18.1 Å². The van der Waals surface area contributed by atoms with Crippen molar-refractivity contribution in [3.63, 3.8) is 0 Å². The second-order valence-electron chi connectivity index (χ2n) is 5.87. The van der Waals surface area contributed by atoms with E-state index < -0.39 is 23.8 Å². The first kappa shape index (κ1) is 19.9. The molecule has 0 bridgehead atoms. The Hall–Kier alpha value is -3.39. The maximum Gasteiger partial charge on any atom is 0.421 e. The molecule has 2 rings (SSSR count). The molecule has 0 aliphatic rings. The van der Waals surface area contributed by atoms with Gasteiger partial charge in [0, 0.05) is 0 Å². The van der Waals surface area contributed by atoms with Crippen LogP contribution in [0.3, 0.4) is 0 Å².